The van der Waals surface area contributed by atoms with Crippen LogP contribution in [0.5, 0.6) is 0 Å². The van der Waals surface area contributed by atoms with Crippen molar-refractivity contribution < 1.29 is 13.0 Å². The van der Waals surface area contributed by atoms with Crippen LogP contribution >= 0.6 is 0 Å². The van der Waals surface area contributed by atoms with Gasteiger partial charge in [-0.1, -0.05) is 13.8 Å². The lowest BCUT2D eigenvalue weighted by molar-refractivity contribution is 0.463. The summed E-state index contributed by atoms with van der Waals surface area (Å²) in [6.07, 6.45) is 0. The van der Waals surface area contributed by atoms with Crippen molar-refractivity contribution in [2.24, 2.45) is 5.92 Å². The van der Waals surface area contributed by atoms with E-state index in [4.69, 9.17) is 4.55 Å². The average molecular weight is 181 g/mol. The normalized spacial score (nSPS) is 14.8. The summed E-state index contributed by atoms with van der Waals surface area (Å²) in [6, 6.07) is 0. The summed E-state index contributed by atoms with van der Waals surface area (Å²) in [4.78, 5) is 0. The summed E-state index contributed by atoms with van der Waals surface area (Å²) < 4.78 is 29.1. The zero-order valence-electron chi connectivity index (χ0n) is 6.87. The molecule has 0 saturated carbocycles. The van der Waals surface area contributed by atoms with Crippen molar-refractivity contribution in [1.29, 1.82) is 0 Å². The molecular weight excluding hydrogens is 166 g/mol. The van der Waals surface area contributed by atoms with Crippen molar-refractivity contribution in [1.82, 2.24) is 5.32 Å². The minimum absolute atomic E-state index is 0.0371. The first kappa shape index (κ1) is 10.9. The summed E-state index contributed by atoms with van der Waals surface area (Å²) in [5, 5.41) is 3.00. The summed E-state index contributed by atoms with van der Waals surface area (Å²) in [6.45, 7) is 5.16. The number of hydrogen-bond donors (Lipinski definition) is 2. The Morgan fingerprint density at radius 1 is 1.55 bits per heavy atom. The van der Waals surface area contributed by atoms with Gasteiger partial charge in [-0.15, -0.1) is 0 Å². The van der Waals surface area contributed by atoms with E-state index in [9.17, 15) is 8.42 Å². The molecule has 0 aliphatic heterocycles. The monoisotopic (exact) mass is 181 g/mol. The average Bonchev–Trinajstić information content (AvgIpc) is 1.79. The van der Waals surface area contributed by atoms with Crippen LogP contribution < -0.4 is 5.32 Å². The molecule has 5 heteroatoms. The second kappa shape index (κ2) is 4.69. The minimum Gasteiger partial charge on any atom is -0.317 e. The van der Waals surface area contributed by atoms with Crippen molar-refractivity contribution in [3.63, 3.8) is 0 Å². The SMILES string of the molecule is CCNC[C@H](C)CS(=O)(=O)O. The summed E-state index contributed by atoms with van der Waals surface area (Å²) in [7, 11) is -3.79. The summed E-state index contributed by atoms with van der Waals surface area (Å²) >= 11 is 0. The molecule has 0 heterocycles. The Hall–Kier alpha value is -0.130. The molecule has 0 aromatic heterocycles. The zero-order valence-corrected chi connectivity index (χ0v) is 7.69. The lowest BCUT2D eigenvalue weighted by Gasteiger charge is -2.08. The largest absolute Gasteiger partial charge is 0.317 e. The fourth-order valence-electron chi connectivity index (χ4n) is 0.809. The molecule has 4 nitrogen and oxygen atoms in total. The number of rotatable bonds is 5. The molecule has 0 rings (SSSR count). The Kier molecular flexibility index (Phi) is 4.63. The lowest BCUT2D eigenvalue weighted by atomic mass is 10.2. The van der Waals surface area contributed by atoms with Crippen molar-refractivity contribution in [3.8, 4) is 0 Å². The maximum absolute atomic E-state index is 10.3. The van der Waals surface area contributed by atoms with Gasteiger partial charge >= 0.3 is 0 Å². The van der Waals surface area contributed by atoms with Crippen LogP contribution in [0, 0.1) is 5.92 Å². The third-order valence-corrected chi connectivity index (χ3v) is 2.23. The molecule has 11 heavy (non-hydrogen) atoms. The Morgan fingerprint density at radius 2 is 2.09 bits per heavy atom. The standard InChI is InChI=1S/C6H15NO3S/c1-3-7-4-6(2)5-11(8,9)10/h6-7H,3-5H2,1-2H3,(H,8,9,10)/t6-/m0/s1. The fourth-order valence-corrected chi connectivity index (χ4v) is 1.65. The molecule has 1 atom stereocenters. The van der Waals surface area contributed by atoms with E-state index in [1.54, 1.807) is 6.92 Å². The predicted molar refractivity (Wildman–Crippen MR) is 44.1 cm³/mol. The van der Waals surface area contributed by atoms with Gasteiger partial charge in [0.1, 0.15) is 0 Å². The topological polar surface area (TPSA) is 66.4 Å². The Balaban J connectivity index is 3.61. The van der Waals surface area contributed by atoms with Crippen LogP contribution in [0.4, 0.5) is 0 Å². The molecule has 0 aliphatic rings. The van der Waals surface area contributed by atoms with Gasteiger partial charge in [-0.2, -0.15) is 8.42 Å². The Labute approximate surface area is 67.7 Å². The highest BCUT2D eigenvalue weighted by atomic mass is 32.2. The molecule has 0 amide bonds. The van der Waals surface area contributed by atoms with Crippen LogP contribution in [0.3, 0.4) is 0 Å². The van der Waals surface area contributed by atoms with Gasteiger partial charge in [0.2, 0.25) is 0 Å². The molecule has 0 fully saturated rings. The fraction of sp³-hybridized carbons (Fsp3) is 1.00. The molecule has 0 spiro atoms. The molecule has 2 N–H and O–H groups in total. The van der Waals surface area contributed by atoms with Crippen LogP contribution in [0.1, 0.15) is 13.8 Å². The van der Waals surface area contributed by atoms with Crippen LogP contribution in [0.15, 0.2) is 0 Å². The molecule has 68 valence electrons. The third-order valence-electron chi connectivity index (χ3n) is 1.24. The van der Waals surface area contributed by atoms with Crippen molar-refractivity contribution in [2.75, 3.05) is 18.8 Å². The van der Waals surface area contributed by atoms with Gasteiger partial charge < -0.3 is 5.32 Å². The zero-order chi connectivity index (χ0) is 8.91. The van der Waals surface area contributed by atoms with E-state index in [1.165, 1.54) is 0 Å². The summed E-state index contributed by atoms with van der Waals surface area (Å²) in [5.74, 6) is -0.204. The maximum atomic E-state index is 10.3. The summed E-state index contributed by atoms with van der Waals surface area (Å²) in [5.41, 5.74) is 0. The quantitative estimate of drug-likeness (QED) is 0.591. The van der Waals surface area contributed by atoms with E-state index in [1.807, 2.05) is 6.92 Å². The molecule has 0 radical (unpaired) electrons. The van der Waals surface area contributed by atoms with E-state index in [2.05, 4.69) is 5.32 Å². The van der Waals surface area contributed by atoms with Crippen LogP contribution in [0.2, 0.25) is 0 Å². The highest BCUT2D eigenvalue weighted by Gasteiger charge is 2.10. The van der Waals surface area contributed by atoms with Crippen molar-refractivity contribution >= 4 is 10.1 Å². The van der Waals surface area contributed by atoms with E-state index >= 15 is 0 Å². The van der Waals surface area contributed by atoms with E-state index in [-0.39, 0.29) is 11.7 Å². The van der Waals surface area contributed by atoms with Gasteiger partial charge in [0.25, 0.3) is 10.1 Å². The predicted octanol–water partition coefficient (Wildman–Crippen LogP) is 0.120. The lowest BCUT2D eigenvalue weighted by Crippen LogP contribution is -2.25. The Morgan fingerprint density at radius 3 is 2.45 bits per heavy atom. The third kappa shape index (κ3) is 7.77. The molecule has 0 aliphatic carbocycles. The minimum atomic E-state index is -3.79. The van der Waals surface area contributed by atoms with Crippen LogP contribution in [-0.4, -0.2) is 31.8 Å². The van der Waals surface area contributed by atoms with Crippen LogP contribution in [0.25, 0.3) is 0 Å². The smallest absolute Gasteiger partial charge is 0.265 e. The van der Waals surface area contributed by atoms with E-state index < -0.39 is 10.1 Å². The molecule has 0 aromatic rings. The second-order valence-corrected chi connectivity index (χ2v) is 4.16. The highest BCUT2D eigenvalue weighted by Crippen LogP contribution is 1.96. The molecule has 0 aromatic carbocycles. The van der Waals surface area contributed by atoms with Crippen molar-refractivity contribution in [2.45, 2.75) is 13.8 Å². The number of hydrogen-bond acceptors (Lipinski definition) is 3. The highest BCUT2D eigenvalue weighted by molar-refractivity contribution is 7.85. The van der Waals surface area contributed by atoms with E-state index in [0.717, 1.165) is 6.54 Å². The maximum Gasteiger partial charge on any atom is 0.265 e. The van der Waals surface area contributed by atoms with Gasteiger partial charge in [-0.3, -0.25) is 4.55 Å². The van der Waals surface area contributed by atoms with Crippen molar-refractivity contribution in [3.05, 3.63) is 0 Å². The number of nitrogens with one attached hydrogen (secondary N) is 1. The molecule has 0 unspecified atom stereocenters. The van der Waals surface area contributed by atoms with Gasteiger partial charge in [0, 0.05) is 0 Å². The van der Waals surface area contributed by atoms with Gasteiger partial charge in [-0.05, 0) is 19.0 Å². The second-order valence-electron chi connectivity index (χ2n) is 2.66. The molecular formula is C6H15NO3S. The van der Waals surface area contributed by atoms with Gasteiger partial charge in [0.05, 0.1) is 5.75 Å². The first-order valence-corrected chi connectivity index (χ1v) is 5.22. The molecule has 0 bridgehead atoms. The van der Waals surface area contributed by atoms with Gasteiger partial charge in [0.15, 0.2) is 0 Å². The first-order chi connectivity index (χ1) is 4.95. The first-order valence-electron chi connectivity index (χ1n) is 3.61. The Bertz CT molecular complexity index is 188. The van der Waals surface area contributed by atoms with E-state index in [0.29, 0.717) is 6.54 Å². The van der Waals surface area contributed by atoms with Crippen LogP contribution in [-0.2, 0) is 10.1 Å². The molecule has 0 saturated heterocycles. The van der Waals surface area contributed by atoms with Gasteiger partial charge in [-0.25, -0.2) is 0 Å².